The smallest absolute Gasteiger partial charge is 0.225 e. The van der Waals surface area contributed by atoms with E-state index < -0.39 is 0 Å². The fraction of sp³-hybridized carbons (Fsp3) is 0.750. The van der Waals surface area contributed by atoms with Crippen LogP contribution in [0.25, 0.3) is 0 Å². The molecule has 1 saturated heterocycles. The molecule has 1 aromatic heterocycles. The zero-order valence-corrected chi connectivity index (χ0v) is 13.0. The molecular formula is C16H25N3O2. The number of aromatic nitrogens is 2. The van der Waals surface area contributed by atoms with Crippen molar-refractivity contribution >= 4 is 5.91 Å². The lowest BCUT2D eigenvalue weighted by molar-refractivity contribution is -0.137. The van der Waals surface area contributed by atoms with Gasteiger partial charge < -0.3 is 14.2 Å². The third-order valence-electron chi connectivity index (χ3n) is 4.92. The van der Waals surface area contributed by atoms with E-state index in [1.54, 1.807) is 7.11 Å². The number of nitrogens with zero attached hydrogens (tertiary/aromatic N) is 3. The lowest BCUT2D eigenvalue weighted by Gasteiger charge is -2.29. The SMILES string of the molecule is COCCn1c(C)cnc1C1CCN(C(=O)C2CCC2)C1. The van der Waals surface area contributed by atoms with Gasteiger partial charge in [-0.15, -0.1) is 0 Å². The highest BCUT2D eigenvalue weighted by atomic mass is 16.5. The molecule has 0 bridgehead atoms. The predicted molar refractivity (Wildman–Crippen MR) is 80.1 cm³/mol. The summed E-state index contributed by atoms with van der Waals surface area (Å²) >= 11 is 0. The van der Waals surface area contributed by atoms with Crippen LogP contribution in [0.2, 0.25) is 0 Å². The third kappa shape index (κ3) is 2.84. The average Bonchev–Trinajstić information content (AvgIpc) is 3.01. The zero-order chi connectivity index (χ0) is 14.8. The van der Waals surface area contributed by atoms with Gasteiger partial charge in [0.1, 0.15) is 5.82 Å². The van der Waals surface area contributed by atoms with E-state index in [0.717, 1.165) is 44.7 Å². The van der Waals surface area contributed by atoms with Gasteiger partial charge in [-0.05, 0) is 26.2 Å². The van der Waals surface area contributed by atoms with E-state index >= 15 is 0 Å². The van der Waals surface area contributed by atoms with E-state index in [9.17, 15) is 4.79 Å². The Bertz CT molecular complexity index is 508. The van der Waals surface area contributed by atoms with Gasteiger partial charge in [0.15, 0.2) is 0 Å². The summed E-state index contributed by atoms with van der Waals surface area (Å²) in [5.41, 5.74) is 1.17. The van der Waals surface area contributed by atoms with Gasteiger partial charge >= 0.3 is 0 Å². The summed E-state index contributed by atoms with van der Waals surface area (Å²) in [7, 11) is 1.72. The molecule has 2 heterocycles. The van der Waals surface area contributed by atoms with Crippen molar-refractivity contribution in [1.82, 2.24) is 14.5 Å². The van der Waals surface area contributed by atoms with Gasteiger partial charge in [0, 0.05) is 50.5 Å². The number of methoxy groups -OCH3 is 1. The van der Waals surface area contributed by atoms with E-state index in [4.69, 9.17) is 4.74 Å². The van der Waals surface area contributed by atoms with Crippen LogP contribution in [0.3, 0.4) is 0 Å². The second-order valence-corrected chi connectivity index (χ2v) is 6.30. The predicted octanol–water partition coefficient (Wildman–Crippen LogP) is 1.95. The van der Waals surface area contributed by atoms with Crippen LogP contribution in [0.15, 0.2) is 6.20 Å². The van der Waals surface area contributed by atoms with Crippen LogP contribution in [0.1, 0.15) is 43.1 Å². The first-order chi connectivity index (χ1) is 10.2. The highest BCUT2D eigenvalue weighted by Gasteiger charge is 2.35. The minimum Gasteiger partial charge on any atom is -0.383 e. The topological polar surface area (TPSA) is 47.4 Å². The van der Waals surface area contributed by atoms with E-state index in [1.165, 1.54) is 12.1 Å². The summed E-state index contributed by atoms with van der Waals surface area (Å²) in [6.07, 6.45) is 6.35. The Labute approximate surface area is 126 Å². The van der Waals surface area contributed by atoms with Crippen molar-refractivity contribution in [2.45, 2.75) is 45.1 Å². The maximum absolute atomic E-state index is 12.3. The monoisotopic (exact) mass is 291 g/mol. The number of imidazole rings is 1. The number of amides is 1. The highest BCUT2D eigenvalue weighted by Crippen LogP contribution is 2.33. The Morgan fingerprint density at radius 3 is 2.90 bits per heavy atom. The first-order valence-electron chi connectivity index (χ1n) is 8.00. The average molecular weight is 291 g/mol. The molecule has 21 heavy (non-hydrogen) atoms. The van der Waals surface area contributed by atoms with Crippen LogP contribution >= 0.6 is 0 Å². The third-order valence-corrected chi connectivity index (χ3v) is 4.92. The number of ether oxygens (including phenoxy) is 1. The zero-order valence-electron chi connectivity index (χ0n) is 13.0. The molecule has 1 saturated carbocycles. The van der Waals surface area contributed by atoms with Crippen molar-refractivity contribution in [3.63, 3.8) is 0 Å². The largest absolute Gasteiger partial charge is 0.383 e. The molecule has 1 unspecified atom stereocenters. The maximum Gasteiger partial charge on any atom is 0.225 e. The number of rotatable bonds is 5. The molecule has 0 radical (unpaired) electrons. The molecule has 1 aliphatic carbocycles. The van der Waals surface area contributed by atoms with Crippen molar-refractivity contribution < 1.29 is 9.53 Å². The van der Waals surface area contributed by atoms with Gasteiger partial charge in [-0.25, -0.2) is 4.98 Å². The Hall–Kier alpha value is -1.36. The van der Waals surface area contributed by atoms with E-state index in [2.05, 4.69) is 21.4 Å². The van der Waals surface area contributed by atoms with Gasteiger partial charge in [0.05, 0.1) is 6.61 Å². The highest BCUT2D eigenvalue weighted by molar-refractivity contribution is 5.79. The van der Waals surface area contributed by atoms with Crippen molar-refractivity contribution in [2.24, 2.45) is 5.92 Å². The number of carbonyl (C=O) groups is 1. The summed E-state index contributed by atoms with van der Waals surface area (Å²) < 4.78 is 7.43. The van der Waals surface area contributed by atoms with Crippen LogP contribution in [0.4, 0.5) is 0 Å². The van der Waals surface area contributed by atoms with Gasteiger partial charge in [0.2, 0.25) is 5.91 Å². The Balaban J connectivity index is 1.66. The summed E-state index contributed by atoms with van der Waals surface area (Å²) in [6, 6.07) is 0. The van der Waals surface area contributed by atoms with Crippen LogP contribution in [0.5, 0.6) is 0 Å². The van der Waals surface area contributed by atoms with Crippen molar-refractivity contribution in [3.05, 3.63) is 17.7 Å². The molecule has 5 nitrogen and oxygen atoms in total. The molecule has 5 heteroatoms. The molecule has 1 aromatic rings. The van der Waals surface area contributed by atoms with E-state index in [0.29, 0.717) is 24.3 Å². The number of hydrogen-bond acceptors (Lipinski definition) is 3. The lowest BCUT2D eigenvalue weighted by Crippen LogP contribution is -2.37. The van der Waals surface area contributed by atoms with Crippen LogP contribution in [0, 0.1) is 12.8 Å². The summed E-state index contributed by atoms with van der Waals surface area (Å²) in [6.45, 7) is 5.33. The van der Waals surface area contributed by atoms with E-state index in [-0.39, 0.29) is 0 Å². The number of carbonyl (C=O) groups excluding carboxylic acids is 1. The van der Waals surface area contributed by atoms with Gasteiger partial charge in [-0.3, -0.25) is 4.79 Å². The molecule has 0 aromatic carbocycles. The summed E-state index contributed by atoms with van der Waals surface area (Å²) in [5.74, 6) is 2.17. The molecule has 116 valence electrons. The van der Waals surface area contributed by atoms with Gasteiger partial charge in [-0.2, -0.15) is 0 Å². The quantitative estimate of drug-likeness (QED) is 0.833. The fourth-order valence-corrected chi connectivity index (χ4v) is 3.36. The molecule has 2 aliphatic rings. The number of aryl methyl sites for hydroxylation is 1. The second kappa shape index (κ2) is 6.18. The summed E-state index contributed by atoms with van der Waals surface area (Å²) in [5, 5.41) is 0. The molecular weight excluding hydrogens is 266 g/mol. The van der Waals surface area contributed by atoms with Crippen molar-refractivity contribution in [2.75, 3.05) is 26.8 Å². The summed E-state index contributed by atoms with van der Waals surface area (Å²) in [4.78, 5) is 19.0. The first-order valence-corrected chi connectivity index (χ1v) is 8.00. The lowest BCUT2D eigenvalue weighted by atomic mass is 9.84. The van der Waals surface area contributed by atoms with Crippen molar-refractivity contribution in [3.8, 4) is 0 Å². The standard InChI is InChI=1S/C16H25N3O2/c1-12-10-17-15(19(12)8-9-21-2)14-6-7-18(11-14)16(20)13-4-3-5-13/h10,13-14H,3-9,11H2,1-2H3. The molecule has 2 fully saturated rings. The molecule has 1 atom stereocenters. The van der Waals surface area contributed by atoms with Gasteiger partial charge in [-0.1, -0.05) is 6.42 Å². The van der Waals surface area contributed by atoms with Crippen LogP contribution in [-0.2, 0) is 16.1 Å². The minimum absolute atomic E-state index is 0.304. The van der Waals surface area contributed by atoms with Crippen LogP contribution < -0.4 is 0 Å². The van der Waals surface area contributed by atoms with Crippen molar-refractivity contribution in [1.29, 1.82) is 0 Å². The van der Waals surface area contributed by atoms with Crippen LogP contribution in [-0.4, -0.2) is 47.2 Å². The Kier molecular flexibility index (Phi) is 4.29. The first kappa shape index (κ1) is 14.6. The molecule has 3 rings (SSSR count). The Morgan fingerprint density at radius 2 is 2.24 bits per heavy atom. The molecule has 1 amide bonds. The Morgan fingerprint density at radius 1 is 1.43 bits per heavy atom. The molecule has 0 spiro atoms. The molecule has 0 N–H and O–H groups in total. The minimum atomic E-state index is 0.304. The number of likely N-dealkylation sites (tertiary alicyclic amines) is 1. The normalized spacial score (nSPS) is 22.6. The van der Waals surface area contributed by atoms with Gasteiger partial charge in [0.25, 0.3) is 0 Å². The second-order valence-electron chi connectivity index (χ2n) is 6.30. The maximum atomic E-state index is 12.3. The van der Waals surface area contributed by atoms with E-state index in [1.807, 2.05) is 6.20 Å². The molecule has 1 aliphatic heterocycles. The fourth-order valence-electron chi connectivity index (χ4n) is 3.36. The number of hydrogen-bond donors (Lipinski definition) is 0.